The van der Waals surface area contributed by atoms with E-state index in [0.717, 1.165) is 24.7 Å². The first-order chi connectivity index (χ1) is 12.2. The summed E-state index contributed by atoms with van der Waals surface area (Å²) in [6.45, 7) is 2.27. The van der Waals surface area contributed by atoms with E-state index in [1.807, 2.05) is 0 Å². The first-order valence-corrected chi connectivity index (χ1v) is 9.91. The lowest BCUT2D eigenvalue weighted by Crippen LogP contribution is -2.35. The van der Waals surface area contributed by atoms with Gasteiger partial charge in [0.2, 0.25) is 0 Å². The van der Waals surface area contributed by atoms with Crippen LogP contribution in [0.2, 0.25) is 0 Å². The molecule has 1 aromatic rings. The van der Waals surface area contributed by atoms with Gasteiger partial charge in [0.25, 0.3) is 0 Å². The molecule has 3 rings (SSSR count). The normalized spacial score (nSPS) is 28.6. The van der Waals surface area contributed by atoms with Gasteiger partial charge in [0.1, 0.15) is 5.75 Å². The van der Waals surface area contributed by atoms with Crippen LogP contribution in [-0.4, -0.2) is 5.97 Å². The number of carbonyl (C=O) groups excluding carboxylic acids is 1. The Labute approximate surface area is 151 Å². The van der Waals surface area contributed by atoms with Crippen LogP contribution in [0.15, 0.2) is 24.3 Å². The maximum atomic E-state index is 12.5. The minimum atomic E-state index is -0.0868. The van der Waals surface area contributed by atoms with Crippen LogP contribution >= 0.6 is 0 Å². The van der Waals surface area contributed by atoms with Gasteiger partial charge in [0.05, 0.1) is 17.6 Å². The van der Waals surface area contributed by atoms with E-state index in [1.165, 1.54) is 44.9 Å². The van der Waals surface area contributed by atoms with Gasteiger partial charge in [-0.05, 0) is 74.1 Å². The predicted molar refractivity (Wildman–Crippen MR) is 98.0 cm³/mol. The summed E-state index contributed by atoms with van der Waals surface area (Å²) in [7, 11) is 0. The summed E-state index contributed by atoms with van der Waals surface area (Å²) in [5.74, 6) is 2.97. The molecule has 1 aromatic carbocycles. The molecule has 134 valence electrons. The Morgan fingerprint density at radius 3 is 2.56 bits per heavy atom. The molecular weight excluding hydrogens is 310 g/mol. The second kappa shape index (κ2) is 8.52. The summed E-state index contributed by atoms with van der Waals surface area (Å²) in [5.41, 5.74) is 0.583. The molecule has 4 atom stereocenters. The summed E-state index contributed by atoms with van der Waals surface area (Å²) in [4.78, 5) is 12.5. The number of ether oxygens (including phenoxy) is 1. The van der Waals surface area contributed by atoms with E-state index in [2.05, 4.69) is 13.0 Å². The zero-order chi connectivity index (χ0) is 17.6. The Balaban J connectivity index is 1.50. The number of nitriles is 1. The van der Waals surface area contributed by atoms with Crippen LogP contribution in [0.5, 0.6) is 5.75 Å². The van der Waals surface area contributed by atoms with Crippen LogP contribution in [0.1, 0.15) is 70.3 Å². The van der Waals surface area contributed by atoms with Crippen LogP contribution in [-0.2, 0) is 4.79 Å². The van der Waals surface area contributed by atoms with Crippen molar-refractivity contribution in [2.75, 3.05) is 0 Å². The molecule has 0 heterocycles. The molecular formula is C22H29NO2. The Bertz CT molecular complexity index is 616. The van der Waals surface area contributed by atoms with Gasteiger partial charge in [0.15, 0.2) is 0 Å². The third kappa shape index (κ3) is 4.63. The zero-order valence-electron chi connectivity index (χ0n) is 15.2. The molecule has 0 radical (unpaired) electrons. The molecule has 2 unspecified atom stereocenters. The second-order valence-corrected chi connectivity index (χ2v) is 7.91. The average molecular weight is 339 g/mol. The molecule has 0 aromatic heterocycles. The maximum absolute atomic E-state index is 12.5. The molecule has 0 saturated heterocycles. The molecule has 3 nitrogen and oxygen atoms in total. The summed E-state index contributed by atoms with van der Waals surface area (Å²) in [6, 6.07) is 8.88. The highest BCUT2D eigenvalue weighted by molar-refractivity contribution is 5.75. The Kier molecular flexibility index (Phi) is 6.13. The zero-order valence-corrected chi connectivity index (χ0v) is 15.2. The maximum Gasteiger partial charge on any atom is 0.314 e. The Hall–Kier alpha value is -1.82. The number of nitrogens with zero attached hydrogens (tertiary/aromatic N) is 1. The van der Waals surface area contributed by atoms with Crippen molar-refractivity contribution in [2.24, 2.45) is 23.7 Å². The smallest absolute Gasteiger partial charge is 0.314 e. The molecule has 0 bridgehead atoms. The number of fused-ring (bicyclic) bond motifs is 1. The van der Waals surface area contributed by atoms with Crippen molar-refractivity contribution >= 4 is 5.97 Å². The number of hydrogen-bond acceptors (Lipinski definition) is 3. The van der Waals surface area contributed by atoms with Gasteiger partial charge in [-0.2, -0.15) is 5.26 Å². The van der Waals surface area contributed by atoms with Gasteiger partial charge in [-0.25, -0.2) is 0 Å². The molecule has 25 heavy (non-hydrogen) atoms. The van der Waals surface area contributed by atoms with Gasteiger partial charge in [-0.1, -0.05) is 32.6 Å². The average Bonchev–Trinajstić information content (AvgIpc) is 2.66. The highest BCUT2D eigenvalue weighted by atomic mass is 16.5. The van der Waals surface area contributed by atoms with E-state index in [9.17, 15) is 4.79 Å². The van der Waals surface area contributed by atoms with Crippen molar-refractivity contribution in [3.05, 3.63) is 29.8 Å². The molecule has 0 amide bonds. The van der Waals surface area contributed by atoms with Crippen molar-refractivity contribution in [1.82, 2.24) is 0 Å². The lowest BCUT2D eigenvalue weighted by atomic mass is 9.64. The van der Waals surface area contributed by atoms with E-state index in [4.69, 9.17) is 10.00 Å². The first-order valence-electron chi connectivity index (χ1n) is 9.91. The summed E-state index contributed by atoms with van der Waals surface area (Å²) >= 11 is 0. The van der Waals surface area contributed by atoms with E-state index in [1.54, 1.807) is 24.3 Å². The van der Waals surface area contributed by atoms with Crippen molar-refractivity contribution in [2.45, 2.75) is 64.7 Å². The number of benzene rings is 1. The van der Waals surface area contributed by atoms with Gasteiger partial charge < -0.3 is 4.74 Å². The quantitative estimate of drug-likeness (QED) is 0.527. The minimum absolute atomic E-state index is 0.0454. The fourth-order valence-electron chi connectivity index (χ4n) is 4.75. The van der Waals surface area contributed by atoms with Gasteiger partial charge in [-0.3, -0.25) is 4.79 Å². The number of hydrogen-bond donors (Lipinski definition) is 0. The largest absolute Gasteiger partial charge is 0.426 e. The van der Waals surface area contributed by atoms with Crippen LogP contribution in [0.25, 0.3) is 0 Å². The van der Waals surface area contributed by atoms with Crippen LogP contribution < -0.4 is 4.74 Å². The van der Waals surface area contributed by atoms with Crippen LogP contribution in [0, 0.1) is 35.0 Å². The number of carbonyl (C=O) groups is 1. The Morgan fingerprint density at radius 2 is 1.84 bits per heavy atom. The molecule has 2 aliphatic carbocycles. The molecule has 2 aliphatic rings. The SMILES string of the molecule is CCCCC1CCC2C[C@H](C(=O)Oc3ccc(C#N)cc3)CC[C@@H]2C1. The van der Waals surface area contributed by atoms with Crippen molar-refractivity contribution in [3.8, 4) is 11.8 Å². The van der Waals surface area contributed by atoms with E-state index >= 15 is 0 Å². The summed E-state index contributed by atoms with van der Waals surface area (Å²) in [6.07, 6.45) is 11.2. The van der Waals surface area contributed by atoms with E-state index in [-0.39, 0.29) is 11.9 Å². The topological polar surface area (TPSA) is 50.1 Å². The summed E-state index contributed by atoms with van der Waals surface area (Å²) < 4.78 is 5.56. The third-order valence-electron chi connectivity index (χ3n) is 6.22. The lowest BCUT2D eigenvalue weighted by Gasteiger charge is -2.41. The third-order valence-corrected chi connectivity index (χ3v) is 6.22. The highest BCUT2D eigenvalue weighted by Crippen LogP contribution is 2.46. The monoisotopic (exact) mass is 339 g/mol. The van der Waals surface area contributed by atoms with E-state index in [0.29, 0.717) is 17.2 Å². The first kappa shape index (κ1) is 18.0. The van der Waals surface area contributed by atoms with Crippen molar-refractivity contribution in [3.63, 3.8) is 0 Å². The van der Waals surface area contributed by atoms with Gasteiger partial charge in [0, 0.05) is 0 Å². The molecule has 2 fully saturated rings. The number of esters is 1. The van der Waals surface area contributed by atoms with Crippen LogP contribution in [0.3, 0.4) is 0 Å². The molecule has 3 heteroatoms. The predicted octanol–water partition coefficient (Wildman–Crippen LogP) is 5.49. The molecule has 0 spiro atoms. The second-order valence-electron chi connectivity index (χ2n) is 7.91. The molecule has 2 saturated carbocycles. The minimum Gasteiger partial charge on any atom is -0.426 e. The van der Waals surface area contributed by atoms with Crippen LogP contribution in [0.4, 0.5) is 0 Å². The van der Waals surface area contributed by atoms with E-state index < -0.39 is 0 Å². The Morgan fingerprint density at radius 1 is 1.12 bits per heavy atom. The van der Waals surface area contributed by atoms with Crippen molar-refractivity contribution in [1.29, 1.82) is 5.26 Å². The number of unbranched alkanes of at least 4 members (excludes halogenated alkanes) is 1. The highest BCUT2D eigenvalue weighted by Gasteiger charge is 2.38. The van der Waals surface area contributed by atoms with Crippen molar-refractivity contribution < 1.29 is 9.53 Å². The standard InChI is InChI=1S/C22H29NO2/c1-2-3-4-16-5-8-19-14-20(10-9-18(19)13-16)22(24)25-21-11-6-17(15-23)7-12-21/h6-7,11-12,16,18-20H,2-5,8-10,13-14H2,1H3/t16?,18-,19?,20-/m1/s1. The summed E-state index contributed by atoms with van der Waals surface area (Å²) in [5, 5.41) is 8.83. The van der Waals surface area contributed by atoms with Gasteiger partial charge >= 0.3 is 5.97 Å². The fourth-order valence-corrected chi connectivity index (χ4v) is 4.75. The fraction of sp³-hybridized carbons (Fsp3) is 0.636. The van der Waals surface area contributed by atoms with Gasteiger partial charge in [-0.15, -0.1) is 0 Å². The number of rotatable bonds is 5. The molecule has 0 aliphatic heterocycles. The molecule has 0 N–H and O–H groups in total. The lowest BCUT2D eigenvalue weighted by molar-refractivity contribution is -0.141.